The van der Waals surface area contributed by atoms with Crippen LogP contribution in [-0.2, 0) is 9.59 Å². The molecule has 0 aromatic rings. The van der Waals surface area contributed by atoms with Crippen molar-refractivity contribution in [1.29, 1.82) is 0 Å². The number of hydrogen-bond donors (Lipinski definition) is 3. The molecule has 0 aliphatic heterocycles. The van der Waals surface area contributed by atoms with Gasteiger partial charge in [0.25, 0.3) is 0 Å². The Labute approximate surface area is 82.5 Å². The zero-order valence-corrected chi connectivity index (χ0v) is 8.36. The van der Waals surface area contributed by atoms with Crippen LogP contribution < -0.4 is 5.32 Å². The Kier molecular flexibility index (Phi) is 5.82. The van der Waals surface area contributed by atoms with Gasteiger partial charge in [-0.1, -0.05) is 0 Å². The van der Waals surface area contributed by atoms with Crippen molar-refractivity contribution in [2.45, 2.75) is 12.5 Å². The molecule has 0 spiro atoms. The summed E-state index contributed by atoms with van der Waals surface area (Å²) in [7, 11) is 3.07. The maximum Gasteiger partial charge on any atom is 0.320 e. The van der Waals surface area contributed by atoms with E-state index in [1.165, 1.54) is 11.9 Å². The number of nitrogens with zero attached hydrogens (tertiary/aromatic N) is 1. The van der Waals surface area contributed by atoms with Crippen LogP contribution in [0.1, 0.15) is 6.42 Å². The summed E-state index contributed by atoms with van der Waals surface area (Å²) in [5, 5.41) is 19.8. The van der Waals surface area contributed by atoms with Crippen LogP contribution in [0.2, 0.25) is 0 Å². The van der Waals surface area contributed by atoms with Gasteiger partial charge >= 0.3 is 5.97 Å². The molecule has 0 rings (SSSR count). The topological polar surface area (TPSA) is 89.9 Å². The number of carbonyl (C=O) groups is 2. The molecule has 0 aliphatic rings. The second-order valence-corrected chi connectivity index (χ2v) is 2.94. The molecule has 0 saturated heterocycles. The van der Waals surface area contributed by atoms with Crippen LogP contribution in [0.15, 0.2) is 0 Å². The van der Waals surface area contributed by atoms with Crippen molar-refractivity contribution < 1.29 is 19.8 Å². The molecule has 14 heavy (non-hydrogen) atoms. The van der Waals surface area contributed by atoms with Crippen LogP contribution >= 0.6 is 0 Å². The molecular formula is C8H16N2O4. The zero-order valence-electron chi connectivity index (χ0n) is 8.36. The van der Waals surface area contributed by atoms with Gasteiger partial charge in [0, 0.05) is 13.6 Å². The number of aliphatic hydroxyl groups is 1. The third kappa shape index (κ3) is 4.20. The average molecular weight is 204 g/mol. The summed E-state index contributed by atoms with van der Waals surface area (Å²) >= 11 is 0. The summed E-state index contributed by atoms with van der Waals surface area (Å²) in [6, 6.07) is -0.663. The molecule has 1 atom stereocenters. The highest BCUT2D eigenvalue weighted by Crippen LogP contribution is 1.95. The predicted octanol–water partition coefficient (Wildman–Crippen LogP) is -1.50. The standard InChI is InChI=1S/C8H16N2O4/c1-9-6(8(13)14)3-4-10(2)7(12)5-11/h6,9,11H,3-5H2,1-2H3,(H,13,14)/t6-/m0/s1. The molecule has 0 aromatic carbocycles. The van der Waals surface area contributed by atoms with Gasteiger partial charge in [-0.2, -0.15) is 0 Å². The van der Waals surface area contributed by atoms with Gasteiger partial charge in [-0.3, -0.25) is 9.59 Å². The molecule has 0 aliphatic carbocycles. The highest BCUT2D eigenvalue weighted by Gasteiger charge is 2.16. The van der Waals surface area contributed by atoms with E-state index in [2.05, 4.69) is 5.32 Å². The molecule has 82 valence electrons. The number of carboxylic acids is 1. The van der Waals surface area contributed by atoms with Gasteiger partial charge in [0.15, 0.2) is 0 Å². The van der Waals surface area contributed by atoms with Crippen molar-refractivity contribution in [1.82, 2.24) is 10.2 Å². The SMILES string of the molecule is CN[C@@H](CCN(C)C(=O)CO)C(=O)O. The Morgan fingerprint density at radius 1 is 1.50 bits per heavy atom. The minimum atomic E-state index is -0.947. The summed E-state index contributed by atoms with van der Waals surface area (Å²) in [4.78, 5) is 22.8. The van der Waals surface area contributed by atoms with Gasteiger partial charge < -0.3 is 20.4 Å². The maximum absolute atomic E-state index is 10.9. The van der Waals surface area contributed by atoms with Crippen molar-refractivity contribution >= 4 is 11.9 Å². The van der Waals surface area contributed by atoms with E-state index in [-0.39, 0.29) is 0 Å². The number of carbonyl (C=O) groups excluding carboxylic acids is 1. The van der Waals surface area contributed by atoms with Crippen molar-refractivity contribution in [2.24, 2.45) is 0 Å². The van der Waals surface area contributed by atoms with Gasteiger partial charge in [-0.15, -0.1) is 0 Å². The molecule has 0 radical (unpaired) electrons. The molecule has 0 aromatic heterocycles. The fourth-order valence-corrected chi connectivity index (χ4v) is 0.959. The molecule has 6 heteroatoms. The van der Waals surface area contributed by atoms with E-state index < -0.39 is 24.5 Å². The Morgan fingerprint density at radius 3 is 2.43 bits per heavy atom. The van der Waals surface area contributed by atoms with Crippen molar-refractivity contribution in [3.8, 4) is 0 Å². The third-order valence-electron chi connectivity index (χ3n) is 1.96. The lowest BCUT2D eigenvalue weighted by molar-refractivity contribution is -0.140. The first-order valence-corrected chi connectivity index (χ1v) is 4.27. The number of aliphatic hydroxyl groups excluding tert-OH is 1. The quantitative estimate of drug-likeness (QED) is 0.490. The summed E-state index contributed by atoms with van der Waals surface area (Å²) in [5.74, 6) is -1.36. The molecule has 0 saturated carbocycles. The number of likely N-dealkylation sites (N-methyl/N-ethyl adjacent to an activating group) is 2. The van der Waals surface area contributed by atoms with Gasteiger partial charge in [0.2, 0.25) is 5.91 Å². The van der Waals surface area contributed by atoms with E-state index in [1.54, 1.807) is 7.05 Å². The van der Waals surface area contributed by atoms with Crippen molar-refractivity contribution in [3.05, 3.63) is 0 Å². The summed E-state index contributed by atoms with van der Waals surface area (Å²) < 4.78 is 0. The van der Waals surface area contributed by atoms with Gasteiger partial charge in [0.05, 0.1) is 0 Å². The zero-order chi connectivity index (χ0) is 11.1. The summed E-state index contributed by atoms with van der Waals surface area (Å²) in [6.07, 6.45) is 0.314. The summed E-state index contributed by atoms with van der Waals surface area (Å²) in [6.45, 7) is -0.245. The molecule has 0 fully saturated rings. The van der Waals surface area contributed by atoms with E-state index in [4.69, 9.17) is 10.2 Å². The fourth-order valence-electron chi connectivity index (χ4n) is 0.959. The van der Waals surface area contributed by atoms with Crippen LogP contribution in [0.25, 0.3) is 0 Å². The number of aliphatic carboxylic acids is 1. The number of nitrogens with one attached hydrogen (secondary N) is 1. The normalized spacial score (nSPS) is 12.2. The monoisotopic (exact) mass is 204 g/mol. The second kappa shape index (κ2) is 6.33. The first-order chi connectivity index (χ1) is 6.52. The van der Waals surface area contributed by atoms with Crippen LogP contribution in [0, 0.1) is 0 Å². The van der Waals surface area contributed by atoms with Gasteiger partial charge in [-0.05, 0) is 13.5 Å². The van der Waals surface area contributed by atoms with E-state index in [1.807, 2.05) is 0 Å². The lowest BCUT2D eigenvalue weighted by Crippen LogP contribution is -2.39. The van der Waals surface area contributed by atoms with Crippen LogP contribution in [-0.4, -0.2) is 60.3 Å². The maximum atomic E-state index is 10.9. The summed E-state index contributed by atoms with van der Waals surface area (Å²) in [5.41, 5.74) is 0. The van der Waals surface area contributed by atoms with Crippen molar-refractivity contribution in [2.75, 3.05) is 27.2 Å². The molecular weight excluding hydrogens is 188 g/mol. The van der Waals surface area contributed by atoms with Crippen LogP contribution in [0.3, 0.4) is 0 Å². The molecule has 3 N–H and O–H groups in total. The Morgan fingerprint density at radius 2 is 2.07 bits per heavy atom. The van der Waals surface area contributed by atoms with Crippen molar-refractivity contribution in [3.63, 3.8) is 0 Å². The van der Waals surface area contributed by atoms with Crippen LogP contribution in [0.5, 0.6) is 0 Å². The smallest absolute Gasteiger partial charge is 0.320 e. The van der Waals surface area contributed by atoms with E-state index >= 15 is 0 Å². The van der Waals surface area contributed by atoms with E-state index in [0.717, 1.165) is 0 Å². The van der Waals surface area contributed by atoms with Gasteiger partial charge in [0.1, 0.15) is 12.6 Å². The number of hydrogen-bond acceptors (Lipinski definition) is 4. The third-order valence-corrected chi connectivity index (χ3v) is 1.96. The molecule has 0 bridgehead atoms. The minimum Gasteiger partial charge on any atom is -0.480 e. The molecule has 6 nitrogen and oxygen atoms in total. The minimum absolute atomic E-state index is 0.303. The average Bonchev–Trinajstić information content (AvgIpc) is 2.16. The Bertz CT molecular complexity index is 208. The fraction of sp³-hybridized carbons (Fsp3) is 0.750. The highest BCUT2D eigenvalue weighted by molar-refractivity contribution is 5.77. The molecule has 1 amide bonds. The molecule has 0 heterocycles. The Hall–Kier alpha value is -1.14. The lowest BCUT2D eigenvalue weighted by Gasteiger charge is -2.18. The van der Waals surface area contributed by atoms with E-state index in [0.29, 0.717) is 13.0 Å². The first kappa shape index (κ1) is 12.9. The number of carboxylic acid groups (broad SMARTS) is 1. The second-order valence-electron chi connectivity index (χ2n) is 2.94. The lowest BCUT2D eigenvalue weighted by atomic mass is 10.2. The van der Waals surface area contributed by atoms with Gasteiger partial charge in [-0.25, -0.2) is 0 Å². The first-order valence-electron chi connectivity index (χ1n) is 4.27. The number of rotatable bonds is 6. The Balaban J connectivity index is 3.91. The predicted molar refractivity (Wildman–Crippen MR) is 49.8 cm³/mol. The number of amides is 1. The van der Waals surface area contributed by atoms with Crippen LogP contribution in [0.4, 0.5) is 0 Å². The highest BCUT2D eigenvalue weighted by atomic mass is 16.4. The molecule has 0 unspecified atom stereocenters. The largest absolute Gasteiger partial charge is 0.480 e. The van der Waals surface area contributed by atoms with E-state index in [9.17, 15) is 9.59 Å².